The Bertz CT molecular complexity index is 909. The van der Waals surface area contributed by atoms with Gasteiger partial charge in [0.1, 0.15) is 23.1 Å². The van der Waals surface area contributed by atoms with Crippen LogP contribution in [0.5, 0.6) is 0 Å². The van der Waals surface area contributed by atoms with E-state index in [0.717, 1.165) is 11.3 Å². The molecule has 2 aromatic carbocycles. The van der Waals surface area contributed by atoms with Crippen LogP contribution in [0.25, 0.3) is 11.3 Å². The van der Waals surface area contributed by atoms with E-state index in [9.17, 15) is 13.2 Å². The quantitative estimate of drug-likeness (QED) is 0.684. The number of nitrogens with two attached hydrogens (primary N) is 1. The van der Waals surface area contributed by atoms with Gasteiger partial charge in [0, 0.05) is 30.9 Å². The van der Waals surface area contributed by atoms with Crippen LogP contribution < -0.4 is 10.6 Å². The Morgan fingerprint density at radius 2 is 1.64 bits per heavy atom. The lowest BCUT2D eigenvalue weighted by molar-refractivity contribution is 0.564. The van der Waals surface area contributed by atoms with Gasteiger partial charge in [-0.05, 0) is 35.9 Å². The maximum atomic E-state index is 14.1. The van der Waals surface area contributed by atoms with Crippen LogP contribution in [0.4, 0.5) is 24.5 Å². The summed E-state index contributed by atoms with van der Waals surface area (Å²) in [5.41, 5.74) is 8.93. The van der Waals surface area contributed by atoms with Crippen molar-refractivity contribution in [3.05, 3.63) is 71.2 Å². The largest absolute Gasteiger partial charge is 0.398 e. The van der Waals surface area contributed by atoms with Crippen molar-refractivity contribution < 1.29 is 13.2 Å². The Morgan fingerprint density at radius 3 is 2.36 bits per heavy atom. The standard InChI is InChI=1S/C19H16F3N3/c20-12-3-2-6-15(23)18(12)17-9-11-10-25(8-7-16(11)24-17)19-13(21)4-1-5-14(19)22/h1-6,9,24H,7-8,10,23H2. The van der Waals surface area contributed by atoms with E-state index in [-0.39, 0.29) is 5.69 Å². The smallest absolute Gasteiger partial charge is 0.149 e. The van der Waals surface area contributed by atoms with Crippen LogP contribution in [-0.2, 0) is 13.0 Å². The molecule has 0 aliphatic carbocycles. The highest BCUT2D eigenvalue weighted by Crippen LogP contribution is 2.34. The highest BCUT2D eigenvalue weighted by molar-refractivity contribution is 5.75. The second kappa shape index (κ2) is 5.88. The minimum atomic E-state index is -0.586. The third kappa shape index (κ3) is 2.63. The van der Waals surface area contributed by atoms with Gasteiger partial charge in [-0.1, -0.05) is 12.1 Å². The van der Waals surface area contributed by atoms with E-state index in [4.69, 9.17) is 5.73 Å². The van der Waals surface area contributed by atoms with Crippen LogP contribution >= 0.6 is 0 Å². The lowest BCUT2D eigenvalue weighted by Gasteiger charge is -2.29. The zero-order valence-electron chi connectivity index (χ0n) is 13.3. The summed E-state index contributed by atoms with van der Waals surface area (Å²) in [5.74, 6) is -1.58. The van der Waals surface area contributed by atoms with Crippen LogP contribution in [0.3, 0.4) is 0 Å². The molecule has 0 radical (unpaired) electrons. The molecule has 0 spiro atoms. The monoisotopic (exact) mass is 343 g/mol. The van der Waals surface area contributed by atoms with Gasteiger partial charge in [0.25, 0.3) is 0 Å². The first-order valence-electron chi connectivity index (χ1n) is 7.98. The number of hydrogen-bond acceptors (Lipinski definition) is 2. The molecule has 0 bridgehead atoms. The first-order valence-corrected chi connectivity index (χ1v) is 7.98. The normalized spacial score (nSPS) is 13.8. The highest BCUT2D eigenvalue weighted by atomic mass is 19.1. The van der Waals surface area contributed by atoms with E-state index in [0.29, 0.717) is 36.5 Å². The number of halogens is 3. The minimum Gasteiger partial charge on any atom is -0.398 e. The molecular formula is C19H16F3N3. The number of H-pyrrole nitrogens is 1. The van der Waals surface area contributed by atoms with Crippen molar-refractivity contribution in [2.75, 3.05) is 17.2 Å². The third-order valence-corrected chi connectivity index (χ3v) is 4.55. The van der Waals surface area contributed by atoms with Crippen LogP contribution in [0, 0.1) is 17.5 Å². The molecule has 0 unspecified atom stereocenters. The van der Waals surface area contributed by atoms with Crippen LogP contribution in [0.2, 0.25) is 0 Å². The van der Waals surface area contributed by atoms with Crippen molar-refractivity contribution in [1.82, 2.24) is 4.98 Å². The van der Waals surface area contributed by atoms with E-state index < -0.39 is 17.5 Å². The zero-order chi connectivity index (χ0) is 17.6. The molecule has 3 nitrogen and oxygen atoms in total. The number of anilines is 2. The third-order valence-electron chi connectivity index (χ3n) is 4.55. The molecule has 1 aromatic heterocycles. The van der Waals surface area contributed by atoms with Crippen LogP contribution in [0.1, 0.15) is 11.3 Å². The van der Waals surface area contributed by atoms with Gasteiger partial charge in [0.05, 0.1) is 11.3 Å². The van der Waals surface area contributed by atoms with Gasteiger partial charge in [-0.15, -0.1) is 0 Å². The number of hydrogen-bond donors (Lipinski definition) is 2. The number of para-hydroxylation sites is 1. The number of rotatable bonds is 2. The lowest BCUT2D eigenvalue weighted by Crippen LogP contribution is -2.31. The van der Waals surface area contributed by atoms with Crippen molar-refractivity contribution in [1.29, 1.82) is 0 Å². The second-order valence-electron chi connectivity index (χ2n) is 6.13. The van der Waals surface area contributed by atoms with Gasteiger partial charge < -0.3 is 15.6 Å². The SMILES string of the molecule is Nc1cccc(F)c1-c1cc2c([nH]1)CCN(c1c(F)cccc1F)C2. The average Bonchev–Trinajstić information content (AvgIpc) is 2.97. The Kier molecular flexibility index (Phi) is 3.67. The predicted molar refractivity (Wildman–Crippen MR) is 91.7 cm³/mol. The topological polar surface area (TPSA) is 45.1 Å². The molecule has 2 heterocycles. The van der Waals surface area contributed by atoms with E-state index in [1.54, 1.807) is 23.1 Å². The van der Waals surface area contributed by atoms with Crippen molar-refractivity contribution in [2.45, 2.75) is 13.0 Å². The average molecular weight is 343 g/mol. The Labute approximate surface area is 142 Å². The van der Waals surface area contributed by atoms with Crippen molar-refractivity contribution in [3.8, 4) is 11.3 Å². The van der Waals surface area contributed by atoms with Gasteiger partial charge in [0.2, 0.25) is 0 Å². The minimum absolute atomic E-state index is 0.0266. The number of aromatic amines is 1. The number of nitrogens with zero attached hydrogens (tertiary/aromatic N) is 1. The summed E-state index contributed by atoms with van der Waals surface area (Å²) in [7, 11) is 0. The molecule has 3 aromatic rings. The number of benzene rings is 2. The number of nitrogen functional groups attached to an aromatic ring is 1. The number of aromatic nitrogens is 1. The molecule has 6 heteroatoms. The van der Waals surface area contributed by atoms with Crippen molar-refractivity contribution >= 4 is 11.4 Å². The van der Waals surface area contributed by atoms with Crippen LogP contribution in [-0.4, -0.2) is 11.5 Å². The van der Waals surface area contributed by atoms with Crippen molar-refractivity contribution in [2.24, 2.45) is 0 Å². The van der Waals surface area contributed by atoms with Gasteiger partial charge in [0.15, 0.2) is 0 Å². The molecule has 25 heavy (non-hydrogen) atoms. The molecule has 0 atom stereocenters. The van der Waals surface area contributed by atoms with Crippen LogP contribution in [0.15, 0.2) is 42.5 Å². The number of fused-ring (bicyclic) bond motifs is 1. The summed E-state index contributed by atoms with van der Waals surface area (Å²) in [5, 5.41) is 0. The first kappa shape index (κ1) is 15.6. The Hall–Kier alpha value is -2.89. The fourth-order valence-corrected chi connectivity index (χ4v) is 3.38. The summed E-state index contributed by atoms with van der Waals surface area (Å²) >= 11 is 0. The number of nitrogens with one attached hydrogen (secondary N) is 1. The maximum Gasteiger partial charge on any atom is 0.149 e. The van der Waals surface area contributed by atoms with Gasteiger partial charge in [-0.3, -0.25) is 0 Å². The maximum absolute atomic E-state index is 14.1. The predicted octanol–water partition coefficient (Wildman–Crippen LogP) is 4.24. The molecule has 4 rings (SSSR count). The van der Waals surface area contributed by atoms with Crippen molar-refractivity contribution in [3.63, 3.8) is 0 Å². The zero-order valence-corrected chi connectivity index (χ0v) is 13.3. The summed E-state index contributed by atoms with van der Waals surface area (Å²) in [4.78, 5) is 4.86. The fourth-order valence-electron chi connectivity index (χ4n) is 3.38. The second-order valence-corrected chi connectivity index (χ2v) is 6.13. The van der Waals surface area contributed by atoms with E-state index in [2.05, 4.69) is 4.98 Å². The van der Waals surface area contributed by atoms with Gasteiger partial charge in [-0.2, -0.15) is 0 Å². The molecule has 0 saturated heterocycles. The summed E-state index contributed by atoms with van der Waals surface area (Å²) in [6, 6.07) is 10.2. The molecule has 3 N–H and O–H groups in total. The summed E-state index contributed by atoms with van der Waals surface area (Å²) in [6.07, 6.45) is 0.581. The summed E-state index contributed by atoms with van der Waals surface area (Å²) < 4.78 is 42.2. The highest BCUT2D eigenvalue weighted by Gasteiger charge is 2.24. The molecule has 1 aliphatic heterocycles. The van der Waals surface area contributed by atoms with Gasteiger partial charge in [-0.25, -0.2) is 13.2 Å². The molecule has 128 valence electrons. The Balaban J connectivity index is 1.70. The van der Waals surface area contributed by atoms with E-state index in [1.807, 2.05) is 0 Å². The van der Waals surface area contributed by atoms with E-state index in [1.165, 1.54) is 24.3 Å². The first-order chi connectivity index (χ1) is 12.0. The molecule has 0 amide bonds. The lowest BCUT2D eigenvalue weighted by atomic mass is 10.1. The summed E-state index contributed by atoms with van der Waals surface area (Å²) in [6.45, 7) is 0.815. The molecular weight excluding hydrogens is 327 g/mol. The molecule has 0 saturated carbocycles. The fraction of sp³-hybridized carbons (Fsp3) is 0.158. The molecule has 0 fully saturated rings. The van der Waals surface area contributed by atoms with E-state index >= 15 is 0 Å². The Morgan fingerprint density at radius 1 is 0.960 bits per heavy atom. The molecule has 1 aliphatic rings. The van der Waals surface area contributed by atoms with Gasteiger partial charge >= 0.3 is 0 Å².